The van der Waals surface area contributed by atoms with E-state index < -0.39 is 0 Å². The molecule has 0 radical (unpaired) electrons. The summed E-state index contributed by atoms with van der Waals surface area (Å²) in [7, 11) is 0. The SMILES string of the molecule is C/C=C(C)/C(Br)=C\C=C/CCC.C=C(C)C(C)(C)NC(=O)C1C2CC1CN(C=O)C2.CC(C)C. The van der Waals surface area contributed by atoms with Crippen LogP contribution in [0.25, 0.3) is 0 Å². The number of halogens is 1. The third kappa shape index (κ3) is 11.7. The van der Waals surface area contributed by atoms with Gasteiger partial charge in [0.1, 0.15) is 0 Å². The number of fused-ring (bicyclic) bond motifs is 2. The normalized spacial score (nSPS) is 22.2. The number of hydrogen-bond donors (Lipinski definition) is 1. The molecular weight excluding hydrogens is 488 g/mol. The van der Waals surface area contributed by atoms with Crippen LogP contribution in [0.5, 0.6) is 0 Å². The Kier molecular flexibility index (Phi) is 15.4. The van der Waals surface area contributed by atoms with Gasteiger partial charge in [0.15, 0.2) is 0 Å². The molecule has 1 saturated carbocycles. The van der Waals surface area contributed by atoms with Crippen LogP contribution in [0.1, 0.15) is 81.6 Å². The summed E-state index contributed by atoms with van der Waals surface area (Å²) >= 11 is 3.50. The number of unbranched alkanes of at least 4 members (excludes halogenated alkanes) is 1. The second-order valence-corrected chi connectivity index (χ2v) is 11.5. The van der Waals surface area contributed by atoms with Crippen molar-refractivity contribution in [2.24, 2.45) is 23.7 Å². The first-order chi connectivity index (χ1) is 15.8. The van der Waals surface area contributed by atoms with Gasteiger partial charge in [0.05, 0.1) is 5.54 Å². The van der Waals surface area contributed by atoms with Crippen molar-refractivity contribution in [2.45, 2.75) is 87.1 Å². The summed E-state index contributed by atoms with van der Waals surface area (Å²) in [5, 5.41) is 3.07. The summed E-state index contributed by atoms with van der Waals surface area (Å²) in [6.45, 7) is 24.1. The van der Waals surface area contributed by atoms with Gasteiger partial charge in [-0.05, 0) is 76.9 Å². The number of rotatable bonds is 8. The van der Waals surface area contributed by atoms with Crippen molar-refractivity contribution in [3.8, 4) is 0 Å². The van der Waals surface area contributed by atoms with E-state index in [0.29, 0.717) is 11.8 Å². The lowest BCUT2D eigenvalue weighted by molar-refractivity contribution is -0.147. The molecule has 5 heteroatoms. The Morgan fingerprint density at radius 1 is 1.21 bits per heavy atom. The van der Waals surface area contributed by atoms with Crippen LogP contribution >= 0.6 is 15.9 Å². The van der Waals surface area contributed by atoms with E-state index in [1.54, 1.807) is 4.90 Å². The molecule has 2 unspecified atom stereocenters. The number of hydrogen-bond acceptors (Lipinski definition) is 2. The maximum atomic E-state index is 12.3. The first kappa shape index (κ1) is 32.4. The van der Waals surface area contributed by atoms with Crippen LogP contribution in [0.2, 0.25) is 0 Å². The van der Waals surface area contributed by atoms with Crippen LogP contribution in [0.15, 0.2) is 46.5 Å². The van der Waals surface area contributed by atoms with Crippen molar-refractivity contribution in [3.05, 3.63) is 46.5 Å². The van der Waals surface area contributed by atoms with Crippen molar-refractivity contribution in [3.63, 3.8) is 0 Å². The molecule has 0 aromatic heterocycles. The topological polar surface area (TPSA) is 49.4 Å². The molecule has 3 aliphatic rings. The molecule has 2 amide bonds. The van der Waals surface area contributed by atoms with Gasteiger partial charge in [-0.1, -0.05) is 80.4 Å². The van der Waals surface area contributed by atoms with Gasteiger partial charge in [-0.2, -0.15) is 0 Å². The number of allylic oxidation sites excluding steroid dienone is 6. The number of nitrogens with one attached hydrogen (secondary N) is 1. The molecule has 2 bridgehead atoms. The van der Waals surface area contributed by atoms with E-state index in [0.717, 1.165) is 48.3 Å². The monoisotopic (exact) mass is 536 g/mol. The van der Waals surface area contributed by atoms with E-state index >= 15 is 0 Å². The highest BCUT2D eigenvalue weighted by Gasteiger charge is 2.50. The maximum absolute atomic E-state index is 12.3. The third-order valence-corrected chi connectivity index (χ3v) is 7.05. The van der Waals surface area contributed by atoms with Crippen molar-refractivity contribution in [1.29, 1.82) is 0 Å². The van der Waals surface area contributed by atoms with E-state index in [9.17, 15) is 9.59 Å². The molecule has 3 rings (SSSR count). The maximum Gasteiger partial charge on any atom is 0.224 e. The molecule has 0 aromatic rings. The highest BCUT2D eigenvalue weighted by atomic mass is 79.9. The summed E-state index contributed by atoms with van der Waals surface area (Å²) in [6.07, 6.45) is 12.8. The zero-order valence-electron chi connectivity index (χ0n) is 23.1. The highest BCUT2D eigenvalue weighted by molar-refractivity contribution is 9.12. The van der Waals surface area contributed by atoms with Gasteiger partial charge in [-0.3, -0.25) is 9.59 Å². The Morgan fingerprint density at radius 3 is 2.15 bits per heavy atom. The van der Waals surface area contributed by atoms with Crippen molar-refractivity contribution < 1.29 is 9.59 Å². The lowest BCUT2D eigenvalue weighted by Crippen LogP contribution is -2.61. The largest absolute Gasteiger partial charge is 0.347 e. The van der Waals surface area contributed by atoms with E-state index in [2.05, 4.69) is 86.7 Å². The fourth-order valence-corrected chi connectivity index (χ4v) is 4.00. The summed E-state index contributed by atoms with van der Waals surface area (Å²) in [6, 6.07) is 0. The van der Waals surface area contributed by atoms with E-state index in [-0.39, 0.29) is 17.4 Å². The number of carbonyl (C=O) groups is 2. The molecule has 34 heavy (non-hydrogen) atoms. The van der Waals surface area contributed by atoms with Crippen LogP contribution in [0.4, 0.5) is 0 Å². The van der Waals surface area contributed by atoms with Gasteiger partial charge in [0.2, 0.25) is 12.3 Å². The second-order valence-electron chi connectivity index (χ2n) is 10.7. The Balaban J connectivity index is 0.000000590. The molecule has 1 aliphatic carbocycles. The average molecular weight is 538 g/mol. The van der Waals surface area contributed by atoms with Crippen LogP contribution in [-0.2, 0) is 9.59 Å². The quantitative estimate of drug-likeness (QED) is 0.199. The predicted octanol–water partition coefficient (Wildman–Crippen LogP) is 7.43. The molecular formula is C29H49BrN2O2. The Hall–Kier alpha value is -1.62. The van der Waals surface area contributed by atoms with Gasteiger partial charge in [-0.25, -0.2) is 0 Å². The summed E-state index contributed by atoms with van der Waals surface area (Å²) < 4.78 is 1.16. The first-order valence-corrected chi connectivity index (χ1v) is 13.4. The molecule has 3 fully saturated rings. The minimum Gasteiger partial charge on any atom is -0.347 e. The Bertz CT molecular complexity index is 734. The molecule has 194 valence electrons. The lowest BCUT2D eigenvalue weighted by atomic mass is 9.61. The average Bonchev–Trinajstić information content (AvgIpc) is 2.75. The molecule has 2 atom stereocenters. The standard InChI is InChI=1S/C14H22N2O2.C11H17Br.C4H10/c1-9(2)14(3,4)15-13(18)12-10-5-11(12)7-16(6-10)8-17;1-4-6-7-8-9-11(12)10(3)5-2;1-4(2)3/h8,10-12H,1,5-7H2,2-4H3,(H,15,18);5,7-9H,4,6H2,1-3H3;4H,1-3H3/b;8-7-,10-5+,11-9+;. The number of amides is 2. The van der Waals surface area contributed by atoms with Crippen LogP contribution in [-0.4, -0.2) is 35.8 Å². The smallest absolute Gasteiger partial charge is 0.224 e. The molecule has 0 spiro atoms. The third-order valence-electron chi connectivity index (χ3n) is 6.16. The summed E-state index contributed by atoms with van der Waals surface area (Å²) in [5.41, 5.74) is 1.87. The molecule has 2 saturated heterocycles. The summed E-state index contributed by atoms with van der Waals surface area (Å²) in [4.78, 5) is 24.8. The Morgan fingerprint density at radius 2 is 1.74 bits per heavy atom. The fraction of sp³-hybridized carbons (Fsp3) is 0.655. The molecule has 4 nitrogen and oxygen atoms in total. The van der Waals surface area contributed by atoms with Crippen molar-refractivity contribution in [2.75, 3.05) is 13.1 Å². The van der Waals surface area contributed by atoms with E-state index in [1.807, 2.05) is 27.7 Å². The number of nitrogens with zero attached hydrogens (tertiary/aromatic N) is 1. The van der Waals surface area contributed by atoms with Gasteiger partial charge < -0.3 is 10.2 Å². The first-order valence-electron chi connectivity index (χ1n) is 12.6. The van der Waals surface area contributed by atoms with Gasteiger partial charge >= 0.3 is 0 Å². The minimum absolute atomic E-state index is 0.0832. The molecule has 2 aliphatic heterocycles. The molecule has 1 N–H and O–H groups in total. The molecule has 0 aromatic carbocycles. The van der Waals surface area contributed by atoms with Crippen molar-refractivity contribution >= 4 is 28.2 Å². The Labute approximate surface area is 218 Å². The second kappa shape index (κ2) is 16.1. The van der Waals surface area contributed by atoms with Crippen LogP contribution < -0.4 is 5.32 Å². The number of piperidine rings is 2. The fourth-order valence-electron chi connectivity index (χ4n) is 3.62. The van der Waals surface area contributed by atoms with E-state index in [4.69, 9.17) is 0 Å². The summed E-state index contributed by atoms with van der Waals surface area (Å²) in [5.74, 6) is 1.72. The van der Waals surface area contributed by atoms with Gasteiger partial charge in [0, 0.05) is 23.5 Å². The number of carbonyl (C=O) groups excluding carboxylic acids is 2. The van der Waals surface area contributed by atoms with Crippen LogP contribution in [0.3, 0.4) is 0 Å². The van der Waals surface area contributed by atoms with Gasteiger partial charge in [-0.15, -0.1) is 0 Å². The van der Waals surface area contributed by atoms with E-state index in [1.165, 1.54) is 12.0 Å². The zero-order chi connectivity index (χ0) is 26.5. The van der Waals surface area contributed by atoms with Crippen molar-refractivity contribution in [1.82, 2.24) is 10.2 Å². The lowest BCUT2D eigenvalue weighted by Gasteiger charge is -2.52. The predicted molar refractivity (Wildman–Crippen MR) is 151 cm³/mol. The highest BCUT2D eigenvalue weighted by Crippen LogP contribution is 2.45. The van der Waals surface area contributed by atoms with Crippen LogP contribution in [0, 0.1) is 23.7 Å². The van der Waals surface area contributed by atoms with Gasteiger partial charge in [0.25, 0.3) is 0 Å². The minimum atomic E-state index is -0.356. The molecule has 2 heterocycles. The zero-order valence-corrected chi connectivity index (χ0v) is 24.7.